The Morgan fingerprint density at radius 3 is 2.68 bits per heavy atom. The molecule has 2 fully saturated rings. The van der Waals surface area contributed by atoms with Crippen LogP contribution in [0.25, 0.3) is 11.3 Å². The second-order valence-electron chi connectivity index (χ2n) is 8.13. The monoisotopic (exact) mass is 433 g/mol. The molecule has 0 radical (unpaired) electrons. The molecule has 2 atom stereocenters. The molecular weight excluding hydrogens is 408 g/mol. The van der Waals surface area contributed by atoms with Crippen LogP contribution < -0.4 is 5.32 Å². The summed E-state index contributed by atoms with van der Waals surface area (Å²) in [5, 5.41) is 6.57. The summed E-state index contributed by atoms with van der Waals surface area (Å²) >= 11 is 0. The summed E-state index contributed by atoms with van der Waals surface area (Å²) in [6, 6.07) is 4.44. The molecule has 166 valence electrons. The standard InChI is InChI=1S/C22H25F2N3O4/c1-30-22(29)16-12-27(14-4-2-3-5-14)9-8-18(16)25-21(28)20-11-19(26-31-20)15-7-6-13(23)10-17(15)24/h6-7,10-11,14,16,18H,2-5,8-9,12H2,1H3,(H,25,28). The van der Waals surface area contributed by atoms with Crippen molar-refractivity contribution in [3.8, 4) is 11.3 Å². The van der Waals surface area contributed by atoms with Crippen LogP contribution in [-0.4, -0.2) is 54.2 Å². The van der Waals surface area contributed by atoms with E-state index in [-0.39, 0.29) is 23.0 Å². The largest absolute Gasteiger partial charge is 0.469 e. The maximum atomic E-state index is 14.0. The van der Waals surface area contributed by atoms with Crippen molar-refractivity contribution in [1.82, 2.24) is 15.4 Å². The van der Waals surface area contributed by atoms with Crippen LogP contribution in [0.4, 0.5) is 8.78 Å². The first-order valence-electron chi connectivity index (χ1n) is 10.5. The molecule has 2 aliphatic rings. The van der Waals surface area contributed by atoms with E-state index < -0.39 is 29.5 Å². The van der Waals surface area contributed by atoms with Crippen molar-refractivity contribution in [2.24, 2.45) is 5.92 Å². The van der Waals surface area contributed by atoms with E-state index in [1.807, 2.05) is 0 Å². The van der Waals surface area contributed by atoms with E-state index in [0.29, 0.717) is 19.0 Å². The van der Waals surface area contributed by atoms with Crippen molar-refractivity contribution in [3.05, 3.63) is 41.7 Å². The lowest BCUT2D eigenvalue weighted by Crippen LogP contribution is -2.55. The molecule has 31 heavy (non-hydrogen) atoms. The predicted molar refractivity (Wildman–Crippen MR) is 107 cm³/mol. The second-order valence-corrected chi connectivity index (χ2v) is 8.13. The highest BCUT2D eigenvalue weighted by molar-refractivity contribution is 5.93. The van der Waals surface area contributed by atoms with Crippen LogP contribution in [0.2, 0.25) is 0 Å². The number of hydrogen-bond acceptors (Lipinski definition) is 6. The van der Waals surface area contributed by atoms with E-state index in [0.717, 1.165) is 31.5 Å². The number of hydrogen-bond donors (Lipinski definition) is 1. The smallest absolute Gasteiger partial charge is 0.312 e. The van der Waals surface area contributed by atoms with Gasteiger partial charge in [-0.1, -0.05) is 18.0 Å². The molecule has 0 bridgehead atoms. The maximum Gasteiger partial charge on any atom is 0.312 e. The number of amides is 1. The van der Waals surface area contributed by atoms with Gasteiger partial charge in [0.2, 0.25) is 5.76 Å². The highest BCUT2D eigenvalue weighted by Gasteiger charge is 2.39. The minimum absolute atomic E-state index is 0.0292. The fraction of sp³-hybridized carbons (Fsp3) is 0.500. The number of nitrogens with one attached hydrogen (secondary N) is 1. The number of ether oxygens (including phenoxy) is 1. The number of nitrogens with zero attached hydrogens (tertiary/aromatic N) is 2. The van der Waals surface area contributed by atoms with E-state index in [1.54, 1.807) is 0 Å². The molecule has 1 N–H and O–H groups in total. The molecule has 1 saturated carbocycles. The van der Waals surface area contributed by atoms with Crippen LogP contribution in [0.3, 0.4) is 0 Å². The number of likely N-dealkylation sites (tertiary alicyclic amines) is 1. The van der Waals surface area contributed by atoms with Crippen LogP contribution in [0.15, 0.2) is 28.8 Å². The molecule has 1 saturated heterocycles. The van der Waals surface area contributed by atoms with Gasteiger partial charge in [-0.05, 0) is 31.4 Å². The number of esters is 1. The number of piperidine rings is 1. The lowest BCUT2D eigenvalue weighted by atomic mass is 9.90. The quantitative estimate of drug-likeness (QED) is 0.730. The van der Waals surface area contributed by atoms with Gasteiger partial charge in [0.15, 0.2) is 0 Å². The van der Waals surface area contributed by atoms with Crippen molar-refractivity contribution in [3.63, 3.8) is 0 Å². The summed E-state index contributed by atoms with van der Waals surface area (Å²) < 4.78 is 37.2. The van der Waals surface area contributed by atoms with E-state index in [1.165, 1.54) is 32.1 Å². The Morgan fingerprint density at radius 2 is 1.97 bits per heavy atom. The molecule has 2 unspecified atom stereocenters. The van der Waals surface area contributed by atoms with Gasteiger partial charge in [-0.3, -0.25) is 14.5 Å². The first kappa shape index (κ1) is 21.4. The SMILES string of the molecule is COC(=O)C1CN(C2CCCC2)CCC1NC(=O)c1cc(-c2ccc(F)cc2F)no1. The zero-order chi connectivity index (χ0) is 22.0. The van der Waals surface area contributed by atoms with Crippen LogP contribution >= 0.6 is 0 Å². The zero-order valence-electron chi connectivity index (χ0n) is 17.3. The average molecular weight is 433 g/mol. The topological polar surface area (TPSA) is 84.7 Å². The third-order valence-electron chi connectivity index (χ3n) is 6.25. The molecule has 1 amide bonds. The van der Waals surface area contributed by atoms with Crippen molar-refractivity contribution in [2.75, 3.05) is 20.2 Å². The molecule has 1 aliphatic heterocycles. The first-order valence-corrected chi connectivity index (χ1v) is 10.5. The molecule has 4 rings (SSSR count). The molecular formula is C22H25F2N3O4. The predicted octanol–water partition coefficient (Wildman–Crippen LogP) is 3.16. The average Bonchev–Trinajstić information content (AvgIpc) is 3.46. The Labute approximate surface area is 178 Å². The molecule has 1 aliphatic carbocycles. The van der Waals surface area contributed by atoms with Crippen molar-refractivity contribution < 1.29 is 27.6 Å². The molecule has 2 heterocycles. The van der Waals surface area contributed by atoms with Gasteiger partial charge in [-0.15, -0.1) is 0 Å². The molecule has 1 aromatic carbocycles. The van der Waals surface area contributed by atoms with Gasteiger partial charge in [0, 0.05) is 42.9 Å². The van der Waals surface area contributed by atoms with Crippen LogP contribution in [0.5, 0.6) is 0 Å². The summed E-state index contributed by atoms with van der Waals surface area (Å²) in [6.45, 7) is 1.32. The van der Waals surface area contributed by atoms with Crippen molar-refractivity contribution in [1.29, 1.82) is 0 Å². The van der Waals surface area contributed by atoms with Crippen LogP contribution in [-0.2, 0) is 9.53 Å². The van der Waals surface area contributed by atoms with Crippen LogP contribution in [0.1, 0.15) is 42.7 Å². The highest BCUT2D eigenvalue weighted by atomic mass is 19.1. The second kappa shape index (κ2) is 9.13. The van der Waals surface area contributed by atoms with Gasteiger partial charge in [0.05, 0.1) is 13.0 Å². The summed E-state index contributed by atoms with van der Waals surface area (Å²) in [4.78, 5) is 27.4. The van der Waals surface area contributed by atoms with E-state index >= 15 is 0 Å². The van der Waals surface area contributed by atoms with Crippen LogP contribution in [0, 0.1) is 17.6 Å². The number of carbonyl (C=O) groups excluding carboxylic acids is 2. The Morgan fingerprint density at radius 1 is 1.19 bits per heavy atom. The molecule has 0 spiro atoms. The Hall–Kier alpha value is -2.81. The molecule has 1 aromatic heterocycles. The first-order chi connectivity index (χ1) is 15.0. The highest BCUT2D eigenvalue weighted by Crippen LogP contribution is 2.29. The Kier molecular flexibility index (Phi) is 6.31. The van der Waals surface area contributed by atoms with Gasteiger partial charge in [-0.25, -0.2) is 8.78 Å². The van der Waals surface area contributed by atoms with Gasteiger partial charge >= 0.3 is 5.97 Å². The van der Waals surface area contributed by atoms with Crippen molar-refractivity contribution >= 4 is 11.9 Å². The zero-order valence-corrected chi connectivity index (χ0v) is 17.3. The summed E-state index contributed by atoms with van der Waals surface area (Å²) in [5.74, 6) is -3.01. The minimum atomic E-state index is -0.801. The van der Waals surface area contributed by atoms with Crippen molar-refractivity contribution in [2.45, 2.75) is 44.2 Å². The van der Waals surface area contributed by atoms with Gasteiger partial charge in [0.1, 0.15) is 17.3 Å². The minimum Gasteiger partial charge on any atom is -0.469 e. The molecule has 9 heteroatoms. The normalized spacial score (nSPS) is 22.4. The number of methoxy groups -OCH3 is 1. The van der Waals surface area contributed by atoms with Gasteiger partial charge in [-0.2, -0.15) is 0 Å². The van der Waals surface area contributed by atoms with E-state index in [9.17, 15) is 18.4 Å². The number of rotatable bonds is 5. The lowest BCUT2D eigenvalue weighted by Gasteiger charge is -2.40. The van der Waals surface area contributed by atoms with Gasteiger partial charge < -0.3 is 14.6 Å². The Bertz CT molecular complexity index is 958. The van der Waals surface area contributed by atoms with E-state index in [4.69, 9.17) is 9.26 Å². The molecule has 7 nitrogen and oxygen atoms in total. The third kappa shape index (κ3) is 4.61. The van der Waals surface area contributed by atoms with E-state index in [2.05, 4.69) is 15.4 Å². The molecule has 2 aromatic rings. The lowest BCUT2D eigenvalue weighted by molar-refractivity contribution is -0.148. The fourth-order valence-electron chi connectivity index (χ4n) is 4.59. The number of halogens is 2. The number of carbonyl (C=O) groups is 2. The summed E-state index contributed by atoms with van der Waals surface area (Å²) in [6.07, 6.45) is 5.27. The maximum absolute atomic E-state index is 14.0. The third-order valence-corrected chi connectivity index (χ3v) is 6.25. The summed E-state index contributed by atoms with van der Waals surface area (Å²) in [5.41, 5.74) is 0.115. The Balaban J connectivity index is 1.45. The number of aromatic nitrogens is 1. The fourth-order valence-corrected chi connectivity index (χ4v) is 4.59. The summed E-state index contributed by atoms with van der Waals surface area (Å²) in [7, 11) is 1.34. The van der Waals surface area contributed by atoms with Gasteiger partial charge in [0.25, 0.3) is 5.91 Å². The number of benzene rings is 1.